The molecule has 2 atom stereocenters. The van der Waals surface area contributed by atoms with E-state index >= 15 is 0 Å². The highest BCUT2D eigenvalue weighted by atomic mass is 16.6. The zero-order valence-corrected chi connectivity index (χ0v) is 35.5. The number of carboxylic acid groups (broad SMARTS) is 1. The van der Waals surface area contributed by atoms with Gasteiger partial charge in [-0.3, -0.25) is 9.59 Å². The van der Waals surface area contributed by atoms with Crippen molar-refractivity contribution in [3.8, 4) is 0 Å². The fourth-order valence-corrected chi connectivity index (χ4v) is 6.67. The van der Waals surface area contributed by atoms with E-state index in [1.54, 1.807) is 0 Å². The van der Waals surface area contributed by atoms with Gasteiger partial charge in [0, 0.05) is 19.3 Å². The number of allylic oxidation sites excluding steroid dienone is 2. The summed E-state index contributed by atoms with van der Waals surface area (Å²) in [6, 6.07) is -0.612. The first-order valence-corrected chi connectivity index (χ1v) is 22.2. The third-order valence-electron chi connectivity index (χ3n) is 10.2. The van der Waals surface area contributed by atoms with E-state index in [1.807, 2.05) is 21.1 Å². The summed E-state index contributed by atoms with van der Waals surface area (Å²) < 4.78 is 17.3. The van der Waals surface area contributed by atoms with E-state index in [4.69, 9.17) is 14.2 Å². The molecule has 0 aliphatic rings. The number of quaternary nitrogens is 1. The van der Waals surface area contributed by atoms with Gasteiger partial charge in [-0.1, -0.05) is 161 Å². The molecule has 312 valence electrons. The molecule has 0 aliphatic heterocycles. The van der Waals surface area contributed by atoms with Crippen LogP contribution < -0.4 is 0 Å². The molecule has 0 saturated heterocycles. The van der Waals surface area contributed by atoms with Crippen LogP contribution in [0, 0.1) is 0 Å². The van der Waals surface area contributed by atoms with Crippen molar-refractivity contribution in [2.45, 2.75) is 219 Å². The first-order valence-electron chi connectivity index (χ1n) is 22.2. The van der Waals surface area contributed by atoms with Gasteiger partial charge in [0.15, 0.2) is 12.1 Å². The lowest BCUT2D eigenvalue weighted by Gasteiger charge is -2.31. The van der Waals surface area contributed by atoms with Crippen LogP contribution in [0.1, 0.15) is 206 Å². The first-order chi connectivity index (χ1) is 25.6. The minimum atomic E-state index is -0.874. The van der Waals surface area contributed by atoms with Gasteiger partial charge in [0.25, 0.3) is 0 Å². The molecule has 0 aliphatic carbocycles. The number of hydrogen-bond acceptors (Lipinski definition) is 6. The van der Waals surface area contributed by atoms with Gasteiger partial charge in [-0.05, 0) is 38.5 Å². The van der Waals surface area contributed by atoms with E-state index in [9.17, 15) is 19.5 Å². The van der Waals surface area contributed by atoms with Gasteiger partial charge in [0.05, 0.1) is 34.4 Å². The molecule has 0 heterocycles. The molecule has 8 heteroatoms. The molecule has 1 N–H and O–H groups in total. The Kier molecular flexibility index (Phi) is 35.7. The van der Waals surface area contributed by atoms with Crippen LogP contribution in [0.5, 0.6) is 0 Å². The van der Waals surface area contributed by atoms with Crippen LogP contribution in [0.25, 0.3) is 0 Å². The van der Waals surface area contributed by atoms with Gasteiger partial charge in [-0.2, -0.15) is 0 Å². The molecule has 0 fully saturated rings. The number of rotatable bonds is 40. The van der Waals surface area contributed by atoms with E-state index < -0.39 is 18.1 Å². The van der Waals surface area contributed by atoms with E-state index in [0.29, 0.717) is 19.3 Å². The van der Waals surface area contributed by atoms with Gasteiger partial charge in [0.2, 0.25) is 0 Å². The standard InChI is InChI=1S/C45H85NO7/c1-6-8-10-12-14-16-18-20-21-22-24-26-28-30-32-34-36-44(48)53-41(39-51-38-37-42(45(49)50)46(3,4)5)40-52-43(47)35-33-31-29-27-25-23-19-17-15-13-11-9-7-2/h23,25,41-42H,6-22,24,26-40H2,1-5H3/p+1/b25-23+. The number of nitrogens with zero attached hydrogens (tertiary/aromatic N) is 1. The minimum Gasteiger partial charge on any atom is -0.477 e. The molecule has 0 aromatic heterocycles. The fourth-order valence-electron chi connectivity index (χ4n) is 6.67. The Morgan fingerprint density at radius 2 is 0.943 bits per heavy atom. The summed E-state index contributed by atoms with van der Waals surface area (Å²) in [5, 5.41) is 9.61. The Morgan fingerprint density at radius 1 is 0.547 bits per heavy atom. The van der Waals surface area contributed by atoms with Gasteiger partial charge < -0.3 is 23.8 Å². The quantitative estimate of drug-likeness (QED) is 0.0288. The van der Waals surface area contributed by atoms with Crippen molar-refractivity contribution < 1.29 is 38.2 Å². The SMILES string of the molecule is CCCCCCCC/C=C/CCCCCC(=O)OCC(COCCC(C(=O)O)[N+](C)(C)C)OC(=O)CCCCCCCCCCCCCCCCCC. The number of aliphatic carboxylic acids is 1. The van der Waals surface area contributed by atoms with Gasteiger partial charge in [-0.25, -0.2) is 4.79 Å². The molecule has 0 rings (SSSR count). The summed E-state index contributed by atoms with van der Waals surface area (Å²) in [6.07, 6.45) is 38.2. The predicted octanol–water partition coefficient (Wildman–Crippen LogP) is 11.9. The van der Waals surface area contributed by atoms with Crippen molar-refractivity contribution in [3.63, 3.8) is 0 Å². The smallest absolute Gasteiger partial charge is 0.362 e. The summed E-state index contributed by atoms with van der Waals surface area (Å²) >= 11 is 0. The summed E-state index contributed by atoms with van der Waals surface area (Å²) in [7, 11) is 5.53. The lowest BCUT2D eigenvalue weighted by Crippen LogP contribution is -2.50. The number of likely N-dealkylation sites (N-methyl/N-ethyl adjacent to an activating group) is 1. The zero-order chi connectivity index (χ0) is 39.3. The van der Waals surface area contributed by atoms with E-state index in [-0.39, 0.29) is 36.2 Å². The van der Waals surface area contributed by atoms with Gasteiger partial charge >= 0.3 is 17.9 Å². The molecule has 0 spiro atoms. The second kappa shape index (κ2) is 37.0. The largest absolute Gasteiger partial charge is 0.477 e. The van der Waals surface area contributed by atoms with Gasteiger partial charge in [0.1, 0.15) is 6.61 Å². The lowest BCUT2D eigenvalue weighted by molar-refractivity contribution is -0.887. The van der Waals surface area contributed by atoms with Crippen LogP contribution in [-0.2, 0) is 28.6 Å². The third-order valence-corrected chi connectivity index (χ3v) is 10.2. The van der Waals surface area contributed by atoms with Crippen LogP contribution >= 0.6 is 0 Å². The Hall–Kier alpha value is -1.93. The van der Waals surface area contributed by atoms with Crippen molar-refractivity contribution in [2.24, 2.45) is 0 Å². The average molecular weight is 753 g/mol. The maximum atomic E-state index is 12.7. The normalized spacial score (nSPS) is 13.0. The minimum absolute atomic E-state index is 0.0532. The Labute approximate surface area is 327 Å². The Balaban J connectivity index is 4.33. The zero-order valence-electron chi connectivity index (χ0n) is 35.5. The maximum absolute atomic E-state index is 12.7. The lowest BCUT2D eigenvalue weighted by atomic mass is 10.0. The van der Waals surface area contributed by atoms with Crippen LogP contribution in [0.4, 0.5) is 0 Å². The maximum Gasteiger partial charge on any atom is 0.362 e. The number of hydrogen-bond donors (Lipinski definition) is 1. The van der Waals surface area contributed by atoms with Crippen molar-refractivity contribution in [2.75, 3.05) is 41.0 Å². The second-order valence-electron chi connectivity index (χ2n) is 16.3. The monoisotopic (exact) mass is 753 g/mol. The number of ether oxygens (including phenoxy) is 3. The van der Waals surface area contributed by atoms with Crippen molar-refractivity contribution in [1.29, 1.82) is 0 Å². The molecule has 0 bridgehead atoms. The molecule has 8 nitrogen and oxygen atoms in total. The Morgan fingerprint density at radius 3 is 1.38 bits per heavy atom. The van der Waals surface area contributed by atoms with Crippen molar-refractivity contribution >= 4 is 17.9 Å². The third kappa shape index (κ3) is 35.5. The number of unbranched alkanes of at least 4 members (excludes halogenated alkanes) is 24. The second-order valence-corrected chi connectivity index (χ2v) is 16.3. The summed E-state index contributed by atoms with van der Waals surface area (Å²) in [5.74, 6) is -1.47. The van der Waals surface area contributed by atoms with E-state index in [1.165, 1.54) is 122 Å². The van der Waals surface area contributed by atoms with Crippen molar-refractivity contribution in [1.82, 2.24) is 0 Å². The molecular formula is C45H86NO7+. The molecule has 0 aromatic carbocycles. The highest BCUT2D eigenvalue weighted by molar-refractivity contribution is 5.72. The van der Waals surface area contributed by atoms with E-state index in [0.717, 1.165) is 51.4 Å². The fraction of sp³-hybridized carbons (Fsp3) is 0.889. The number of carboxylic acids is 1. The topological polar surface area (TPSA) is 99.1 Å². The molecule has 0 amide bonds. The molecule has 0 radical (unpaired) electrons. The molecule has 0 aromatic rings. The van der Waals surface area contributed by atoms with Gasteiger partial charge in [-0.15, -0.1) is 0 Å². The predicted molar refractivity (Wildman–Crippen MR) is 220 cm³/mol. The summed E-state index contributed by atoms with van der Waals surface area (Å²) in [4.78, 5) is 36.9. The molecule has 2 unspecified atom stereocenters. The highest BCUT2D eigenvalue weighted by Crippen LogP contribution is 2.15. The molecule has 53 heavy (non-hydrogen) atoms. The van der Waals surface area contributed by atoms with Crippen LogP contribution in [0.15, 0.2) is 12.2 Å². The molecular weight excluding hydrogens is 666 g/mol. The number of esters is 2. The number of carbonyl (C=O) groups excluding carboxylic acids is 2. The summed E-state index contributed by atoms with van der Waals surface area (Å²) in [6.45, 7) is 4.73. The van der Waals surface area contributed by atoms with Crippen LogP contribution in [0.2, 0.25) is 0 Å². The van der Waals surface area contributed by atoms with Crippen molar-refractivity contribution in [3.05, 3.63) is 12.2 Å². The Bertz CT molecular complexity index is 885. The molecule has 0 saturated carbocycles. The number of carbonyl (C=O) groups is 3. The average Bonchev–Trinajstić information content (AvgIpc) is 3.11. The summed E-state index contributed by atoms with van der Waals surface area (Å²) in [5.41, 5.74) is 0. The van der Waals surface area contributed by atoms with E-state index in [2.05, 4.69) is 26.0 Å². The highest BCUT2D eigenvalue weighted by Gasteiger charge is 2.31. The van der Waals surface area contributed by atoms with Crippen LogP contribution in [-0.4, -0.2) is 80.6 Å². The van der Waals surface area contributed by atoms with Crippen LogP contribution in [0.3, 0.4) is 0 Å². The first kappa shape index (κ1) is 51.1.